The molecule has 0 aromatic carbocycles. The fourth-order valence-corrected chi connectivity index (χ4v) is 3.90. The third-order valence-electron chi connectivity index (χ3n) is 5.65. The zero-order valence-corrected chi connectivity index (χ0v) is 14.6. The number of carbonyl (C=O) groups is 2. The average molecular weight is 365 g/mol. The van der Waals surface area contributed by atoms with Gasteiger partial charge in [0.1, 0.15) is 0 Å². The Morgan fingerprint density at radius 2 is 1.80 bits per heavy atom. The molecule has 0 spiro atoms. The minimum atomic E-state index is -4.63. The summed E-state index contributed by atoms with van der Waals surface area (Å²) in [5.74, 6) is -5.15. The first-order valence-electron chi connectivity index (χ1n) is 8.56. The number of urea groups is 1. The topological polar surface area (TPSA) is 72.9 Å². The zero-order chi connectivity index (χ0) is 18.8. The van der Waals surface area contributed by atoms with Crippen molar-refractivity contribution in [1.82, 2.24) is 15.1 Å². The van der Waals surface area contributed by atoms with Crippen molar-refractivity contribution < 1.29 is 27.9 Å². The number of aliphatic carboxylic acids is 1. The van der Waals surface area contributed by atoms with Gasteiger partial charge in [-0.25, -0.2) is 4.79 Å². The van der Waals surface area contributed by atoms with Crippen molar-refractivity contribution in [3.8, 4) is 0 Å². The highest BCUT2D eigenvalue weighted by molar-refractivity contribution is 5.77. The zero-order valence-electron chi connectivity index (χ0n) is 14.6. The predicted molar refractivity (Wildman–Crippen MR) is 85.1 cm³/mol. The second-order valence-electron chi connectivity index (χ2n) is 7.34. The number of alkyl halides is 3. The van der Waals surface area contributed by atoms with Crippen LogP contribution >= 0.6 is 0 Å². The van der Waals surface area contributed by atoms with Gasteiger partial charge in [0.15, 0.2) is 0 Å². The average Bonchev–Trinajstić information content (AvgIpc) is 2.99. The molecular weight excluding hydrogens is 339 g/mol. The Balaban J connectivity index is 2.00. The van der Waals surface area contributed by atoms with Crippen molar-refractivity contribution in [2.45, 2.75) is 43.8 Å². The second kappa shape index (κ2) is 7.39. The van der Waals surface area contributed by atoms with Crippen LogP contribution in [0, 0.1) is 11.8 Å². The highest BCUT2D eigenvalue weighted by atomic mass is 19.4. The number of halogens is 3. The summed E-state index contributed by atoms with van der Waals surface area (Å²) in [6.45, 7) is -0.675. The molecule has 0 aromatic rings. The molecule has 6 nitrogen and oxygen atoms in total. The monoisotopic (exact) mass is 365 g/mol. The number of carboxylic acids is 1. The molecule has 0 radical (unpaired) electrons. The minimum Gasteiger partial charge on any atom is -0.481 e. The first-order valence-corrected chi connectivity index (χ1v) is 8.56. The van der Waals surface area contributed by atoms with E-state index < -0.39 is 43.1 Å². The number of hydrogen-bond acceptors (Lipinski definition) is 3. The van der Waals surface area contributed by atoms with Gasteiger partial charge in [0.25, 0.3) is 0 Å². The van der Waals surface area contributed by atoms with Crippen molar-refractivity contribution in [2.24, 2.45) is 11.8 Å². The van der Waals surface area contributed by atoms with Crippen LogP contribution in [0.15, 0.2) is 0 Å². The van der Waals surface area contributed by atoms with E-state index in [4.69, 9.17) is 5.11 Å². The quantitative estimate of drug-likeness (QED) is 0.801. The molecule has 1 aliphatic heterocycles. The van der Waals surface area contributed by atoms with Crippen molar-refractivity contribution in [3.63, 3.8) is 0 Å². The lowest BCUT2D eigenvalue weighted by atomic mass is 9.80. The number of carbonyl (C=O) groups excluding carboxylic acids is 1. The molecule has 0 aromatic heterocycles. The molecule has 1 saturated carbocycles. The van der Waals surface area contributed by atoms with Crippen LogP contribution in [-0.4, -0.2) is 72.4 Å². The van der Waals surface area contributed by atoms with E-state index >= 15 is 0 Å². The standard InChI is InChI=1S/C16H26F3N3O3/c1-21(2)15(6-4-3-5-7-15)10-20-14(25)22-8-11(13(23)24)12(9-22)16(17,18)19/h11-12H,3-10H2,1-2H3,(H,20,25)(H,23,24)/t11-,12-/m1/s1. The summed E-state index contributed by atoms with van der Waals surface area (Å²) in [6, 6.07) is -0.621. The van der Waals surface area contributed by atoms with E-state index in [-0.39, 0.29) is 5.54 Å². The summed E-state index contributed by atoms with van der Waals surface area (Å²) in [5.41, 5.74) is -0.191. The third kappa shape index (κ3) is 4.37. The number of nitrogens with zero attached hydrogens (tertiary/aromatic N) is 2. The number of likely N-dealkylation sites (tertiary alicyclic amines) is 1. The van der Waals surface area contributed by atoms with Crippen LogP contribution in [0.4, 0.5) is 18.0 Å². The lowest BCUT2D eigenvalue weighted by molar-refractivity contribution is -0.187. The fraction of sp³-hybridized carbons (Fsp3) is 0.875. The summed E-state index contributed by atoms with van der Waals surface area (Å²) >= 11 is 0. The molecule has 144 valence electrons. The van der Waals surface area contributed by atoms with Crippen molar-refractivity contribution in [2.75, 3.05) is 33.7 Å². The number of likely N-dealkylation sites (N-methyl/N-ethyl adjacent to an activating group) is 1. The second-order valence-corrected chi connectivity index (χ2v) is 7.34. The summed E-state index contributed by atoms with van der Waals surface area (Å²) in [5, 5.41) is 11.8. The third-order valence-corrected chi connectivity index (χ3v) is 5.65. The van der Waals surface area contributed by atoms with Crippen LogP contribution < -0.4 is 5.32 Å². The molecule has 2 atom stereocenters. The van der Waals surface area contributed by atoms with Crippen LogP contribution in [0.1, 0.15) is 32.1 Å². The van der Waals surface area contributed by atoms with Crippen molar-refractivity contribution in [1.29, 1.82) is 0 Å². The van der Waals surface area contributed by atoms with Gasteiger partial charge < -0.3 is 20.2 Å². The van der Waals surface area contributed by atoms with Gasteiger partial charge in [-0.2, -0.15) is 13.2 Å². The van der Waals surface area contributed by atoms with Gasteiger partial charge in [-0.1, -0.05) is 19.3 Å². The van der Waals surface area contributed by atoms with Crippen LogP contribution in [0.5, 0.6) is 0 Å². The molecule has 25 heavy (non-hydrogen) atoms. The number of rotatable bonds is 4. The van der Waals surface area contributed by atoms with E-state index in [1.54, 1.807) is 0 Å². The smallest absolute Gasteiger partial charge is 0.394 e. The van der Waals surface area contributed by atoms with Gasteiger partial charge in [-0.3, -0.25) is 4.79 Å². The van der Waals surface area contributed by atoms with Gasteiger partial charge in [0.05, 0.1) is 11.8 Å². The van der Waals surface area contributed by atoms with Crippen molar-refractivity contribution in [3.05, 3.63) is 0 Å². The normalized spacial score (nSPS) is 26.7. The lowest BCUT2D eigenvalue weighted by Crippen LogP contribution is -2.55. The van der Waals surface area contributed by atoms with E-state index in [0.29, 0.717) is 6.54 Å². The van der Waals surface area contributed by atoms with Crippen LogP contribution in [0.3, 0.4) is 0 Å². The Bertz CT molecular complexity index is 505. The lowest BCUT2D eigenvalue weighted by Gasteiger charge is -2.43. The number of nitrogens with one attached hydrogen (secondary N) is 1. The van der Waals surface area contributed by atoms with Gasteiger partial charge in [0, 0.05) is 25.2 Å². The molecule has 9 heteroatoms. The number of carboxylic acid groups (broad SMARTS) is 1. The van der Waals surface area contributed by atoms with Gasteiger partial charge in [-0.05, 0) is 26.9 Å². The molecule has 2 aliphatic rings. The van der Waals surface area contributed by atoms with Crippen LogP contribution in [0.25, 0.3) is 0 Å². The largest absolute Gasteiger partial charge is 0.481 e. The molecule has 1 aliphatic carbocycles. The maximum atomic E-state index is 13.0. The van der Waals surface area contributed by atoms with E-state index in [1.165, 1.54) is 0 Å². The molecule has 0 bridgehead atoms. The number of hydrogen-bond donors (Lipinski definition) is 2. The molecule has 2 rings (SSSR count). The Morgan fingerprint density at radius 3 is 2.24 bits per heavy atom. The molecule has 2 amide bonds. The van der Waals surface area contributed by atoms with Gasteiger partial charge >= 0.3 is 18.2 Å². The van der Waals surface area contributed by atoms with Crippen LogP contribution in [0.2, 0.25) is 0 Å². The predicted octanol–water partition coefficient (Wildman–Crippen LogP) is 2.16. The summed E-state index contributed by atoms with van der Waals surface area (Å²) in [4.78, 5) is 26.5. The highest BCUT2D eigenvalue weighted by Gasteiger charge is 2.53. The molecule has 1 heterocycles. The number of amides is 2. The van der Waals surface area contributed by atoms with E-state index in [9.17, 15) is 22.8 Å². The highest BCUT2D eigenvalue weighted by Crippen LogP contribution is 2.38. The summed E-state index contributed by atoms with van der Waals surface area (Å²) in [7, 11) is 3.88. The maximum absolute atomic E-state index is 13.0. The Morgan fingerprint density at radius 1 is 1.20 bits per heavy atom. The SMILES string of the molecule is CN(C)C1(CNC(=O)N2C[C@@H](C(F)(F)F)[C@H](C(=O)O)C2)CCCCC1. The van der Waals surface area contributed by atoms with Crippen LogP contribution in [-0.2, 0) is 4.79 Å². The Hall–Kier alpha value is -1.51. The Labute approximate surface area is 145 Å². The molecule has 2 N–H and O–H groups in total. The molecule has 0 unspecified atom stereocenters. The fourth-order valence-electron chi connectivity index (χ4n) is 3.90. The summed E-state index contributed by atoms with van der Waals surface area (Å²) < 4.78 is 39.1. The first kappa shape index (κ1) is 19.8. The van der Waals surface area contributed by atoms with Crippen molar-refractivity contribution >= 4 is 12.0 Å². The molecule has 2 fully saturated rings. The van der Waals surface area contributed by atoms with E-state index in [0.717, 1.165) is 37.0 Å². The van der Waals surface area contributed by atoms with E-state index in [1.807, 2.05) is 14.1 Å². The first-order chi connectivity index (χ1) is 11.6. The molecule has 1 saturated heterocycles. The van der Waals surface area contributed by atoms with Gasteiger partial charge in [-0.15, -0.1) is 0 Å². The van der Waals surface area contributed by atoms with E-state index in [2.05, 4.69) is 10.2 Å². The maximum Gasteiger partial charge on any atom is 0.394 e. The summed E-state index contributed by atoms with van der Waals surface area (Å²) in [6.07, 6.45) is 0.450. The Kier molecular flexibility index (Phi) is 5.86. The van der Waals surface area contributed by atoms with Gasteiger partial charge in [0.2, 0.25) is 0 Å². The molecular formula is C16H26F3N3O3. The minimum absolute atomic E-state index is 0.191.